The fourth-order valence-electron chi connectivity index (χ4n) is 1.46. The van der Waals surface area contributed by atoms with Gasteiger partial charge in [0.15, 0.2) is 5.82 Å². The number of anilines is 1. The predicted molar refractivity (Wildman–Crippen MR) is 63.1 cm³/mol. The second-order valence-electron chi connectivity index (χ2n) is 3.51. The van der Waals surface area contributed by atoms with Gasteiger partial charge in [0.05, 0.1) is 10.6 Å². The molecule has 0 saturated heterocycles. The van der Waals surface area contributed by atoms with Crippen LogP contribution in [0.4, 0.5) is 11.5 Å². The average molecular weight is 247 g/mol. The molecule has 0 fully saturated rings. The number of nitro groups is 1. The largest absolute Gasteiger partial charge is 0.382 e. The fourth-order valence-corrected chi connectivity index (χ4v) is 1.46. The lowest BCUT2D eigenvalue weighted by Gasteiger charge is -1.99. The minimum atomic E-state index is -0.704. The van der Waals surface area contributed by atoms with E-state index in [-0.39, 0.29) is 17.1 Å². The molecule has 0 unspecified atom stereocenters. The summed E-state index contributed by atoms with van der Waals surface area (Å²) >= 11 is 0. The third-order valence-electron chi connectivity index (χ3n) is 2.31. The van der Waals surface area contributed by atoms with E-state index < -0.39 is 10.8 Å². The van der Waals surface area contributed by atoms with Gasteiger partial charge in [0.1, 0.15) is 5.56 Å². The smallest absolute Gasteiger partial charge is 0.271 e. The van der Waals surface area contributed by atoms with Gasteiger partial charge in [-0.15, -0.1) is 5.10 Å². The Labute approximate surface area is 101 Å². The number of hydrogen-bond donors (Lipinski definition) is 2. The first kappa shape index (κ1) is 11.6. The maximum atomic E-state index is 11.0. The van der Waals surface area contributed by atoms with Gasteiger partial charge in [-0.25, -0.2) is 4.68 Å². The number of nitro benzene ring substituents is 1. The number of non-ortho nitro benzene ring substituents is 1. The van der Waals surface area contributed by atoms with Crippen LogP contribution in [0.15, 0.2) is 30.5 Å². The summed E-state index contributed by atoms with van der Waals surface area (Å²) in [4.78, 5) is 21.1. The van der Waals surface area contributed by atoms with Gasteiger partial charge < -0.3 is 11.5 Å². The number of carbonyl (C=O) groups excluding carboxylic acids is 1. The van der Waals surface area contributed by atoms with E-state index in [2.05, 4.69) is 5.10 Å². The van der Waals surface area contributed by atoms with Crippen molar-refractivity contribution in [2.45, 2.75) is 0 Å². The van der Waals surface area contributed by atoms with Crippen molar-refractivity contribution >= 4 is 17.4 Å². The van der Waals surface area contributed by atoms with Crippen LogP contribution in [0.3, 0.4) is 0 Å². The molecule has 0 saturated carbocycles. The van der Waals surface area contributed by atoms with Gasteiger partial charge in [-0.05, 0) is 6.07 Å². The summed E-state index contributed by atoms with van der Waals surface area (Å²) < 4.78 is 1.27. The average Bonchev–Trinajstić information content (AvgIpc) is 2.71. The summed E-state index contributed by atoms with van der Waals surface area (Å²) in [7, 11) is 0. The van der Waals surface area contributed by atoms with Crippen LogP contribution in [0.5, 0.6) is 0 Å². The lowest BCUT2D eigenvalue weighted by Crippen LogP contribution is -2.11. The monoisotopic (exact) mass is 247 g/mol. The molecule has 92 valence electrons. The van der Waals surface area contributed by atoms with Crippen LogP contribution < -0.4 is 11.5 Å². The Kier molecular flexibility index (Phi) is 2.68. The number of primary amides is 1. The number of aromatic nitrogens is 2. The second-order valence-corrected chi connectivity index (χ2v) is 3.51. The SMILES string of the molecule is NC(=O)c1cn(-c2cccc([N+](=O)[O-])c2)nc1N. The summed E-state index contributed by atoms with van der Waals surface area (Å²) in [5, 5.41) is 14.5. The van der Waals surface area contributed by atoms with E-state index in [0.717, 1.165) is 0 Å². The van der Waals surface area contributed by atoms with Gasteiger partial charge in [0, 0.05) is 18.3 Å². The van der Waals surface area contributed by atoms with E-state index >= 15 is 0 Å². The summed E-state index contributed by atoms with van der Waals surface area (Å²) in [6.45, 7) is 0. The first-order chi connectivity index (χ1) is 8.49. The minimum Gasteiger partial charge on any atom is -0.382 e. The Balaban J connectivity index is 2.49. The van der Waals surface area contributed by atoms with Gasteiger partial charge in [-0.1, -0.05) is 6.07 Å². The number of benzene rings is 1. The second kappa shape index (κ2) is 4.17. The highest BCUT2D eigenvalue weighted by molar-refractivity contribution is 5.97. The molecule has 2 rings (SSSR count). The molecular formula is C10H9N5O3. The van der Waals surface area contributed by atoms with Crippen molar-refractivity contribution in [1.29, 1.82) is 0 Å². The molecule has 1 aromatic heterocycles. The van der Waals surface area contributed by atoms with Gasteiger partial charge >= 0.3 is 0 Å². The number of nitrogen functional groups attached to an aromatic ring is 1. The number of nitrogens with zero attached hydrogens (tertiary/aromatic N) is 3. The molecule has 8 heteroatoms. The topological polar surface area (TPSA) is 130 Å². The zero-order chi connectivity index (χ0) is 13.3. The predicted octanol–water partition coefficient (Wildman–Crippen LogP) is 0.462. The molecule has 0 aliphatic rings. The Bertz CT molecular complexity index is 634. The summed E-state index contributed by atoms with van der Waals surface area (Å²) in [5.74, 6) is -0.724. The number of hydrogen-bond acceptors (Lipinski definition) is 5. The van der Waals surface area contributed by atoms with Crippen LogP contribution >= 0.6 is 0 Å². The quantitative estimate of drug-likeness (QED) is 0.601. The molecule has 1 amide bonds. The summed E-state index contributed by atoms with van der Waals surface area (Å²) in [5.41, 5.74) is 11.0. The first-order valence-corrected chi connectivity index (χ1v) is 4.89. The van der Waals surface area contributed by atoms with Gasteiger partial charge in [0.25, 0.3) is 11.6 Å². The molecule has 18 heavy (non-hydrogen) atoms. The third kappa shape index (κ3) is 1.98. The van der Waals surface area contributed by atoms with E-state index in [1.54, 1.807) is 6.07 Å². The lowest BCUT2D eigenvalue weighted by atomic mass is 10.3. The highest BCUT2D eigenvalue weighted by atomic mass is 16.6. The number of amides is 1. The zero-order valence-corrected chi connectivity index (χ0v) is 9.11. The highest BCUT2D eigenvalue weighted by Gasteiger charge is 2.13. The standard InChI is InChI=1S/C10H9N5O3/c11-9-8(10(12)16)5-14(13-9)6-2-1-3-7(4-6)15(17)18/h1-5H,(H2,11,13)(H2,12,16). The molecule has 0 spiro atoms. The molecular weight excluding hydrogens is 238 g/mol. The van der Waals surface area contributed by atoms with Gasteiger partial charge in [-0.3, -0.25) is 14.9 Å². The fraction of sp³-hybridized carbons (Fsp3) is 0. The van der Waals surface area contributed by atoms with Crippen molar-refractivity contribution in [3.8, 4) is 5.69 Å². The molecule has 2 aromatic rings. The van der Waals surface area contributed by atoms with Crippen molar-refractivity contribution in [2.24, 2.45) is 5.73 Å². The van der Waals surface area contributed by atoms with E-state index in [9.17, 15) is 14.9 Å². The Morgan fingerprint density at radius 1 is 1.44 bits per heavy atom. The van der Waals surface area contributed by atoms with Crippen LogP contribution in [0.25, 0.3) is 5.69 Å². The first-order valence-electron chi connectivity index (χ1n) is 4.89. The maximum Gasteiger partial charge on any atom is 0.271 e. The third-order valence-corrected chi connectivity index (χ3v) is 2.31. The van der Waals surface area contributed by atoms with E-state index in [0.29, 0.717) is 5.69 Å². The van der Waals surface area contributed by atoms with Crippen LogP contribution in [-0.2, 0) is 0 Å². The van der Waals surface area contributed by atoms with Crippen molar-refractivity contribution in [3.63, 3.8) is 0 Å². The van der Waals surface area contributed by atoms with Crippen LogP contribution in [0, 0.1) is 10.1 Å². The van der Waals surface area contributed by atoms with Crippen LogP contribution in [-0.4, -0.2) is 20.6 Å². The van der Waals surface area contributed by atoms with Crippen molar-refractivity contribution in [2.75, 3.05) is 5.73 Å². The van der Waals surface area contributed by atoms with E-state index in [4.69, 9.17) is 11.5 Å². The summed E-state index contributed by atoms with van der Waals surface area (Å²) in [6, 6.07) is 5.78. The van der Waals surface area contributed by atoms with Crippen LogP contribution in [0.2, 0.25) is 0 Å². The van der Waals surface area contributed by atoms with Gasteiger partial charge in [-0.2, -0.15) is 0 Å². The molecule has 0 bridgehead atoms. The number of nitrogens with two attached hydrogens (primary N) is 2. The number of rotatable bonds is 3. The van der Waals surface area contributed by atoms with Crippen molar-refractivity contribution in [3.05, 3.63) is 46.1 Å². The molecule has 0 aliphatic heterocycles. The zero-order valence-electron chi connectivity index (χ0n) is 9.11. The molecule has 0 aliphatic carbocycles. The minimum absolute atomic E-state index is 0.0194. The lowest BCUT2D eigenvalue weighted by molar-refractivity contribution is -0.384. The molecule has 1 aromatic carbocycles. The molecule has 4 N–H and O–H groups in total. The normalized spacial score (nSPS) is 10.2. The molecule has 0 atom stereocenters. The van der Waals surface area contributed by atoms with E-state index in [1.165, 1.54) is 29.1 Å². The Morgan fingerprint density at radius 2 is 2.17 bits per heavy atom. The Hall–Kier alpha value is -2.90. The summed E-state index contributed by atoms with van der Waals surface area (Å²) in [6.07, 6.45) is 1.33. The molecule has 0 radical (unpaired) electrons. The van der Waals surface area contributed by atoms with Crippen LogP contribution in [0.1, 0.15) is 10.4 Å². The van der Waals surface area contributed by atoms with E-state index in [1.807, 2.05) is 0 Å². The Morgan fingerprint density at radius 3 is 2.72 bits per heavy atom. The highest BCUT2D eigenvalue weighted by Crippen LogP contribution is 2.18. The van der Waals surface area contributed by atoms with Crippen molar-refractivity contribution < 1.29 is 9.72 Å². The maximum absolute atomic E-state index is 11.0. The number of carbonyl (C=O) groups is 1. The molecule has 1 heterocycles. The van der Waals surface area contributed by atoms with Gasteiger partial charge in [0.2, 0.25) is 0 Å². The van der Waals surface area contributed by atoms with Crippen molar-refractivity contribution in [1.82, 2.24) is 9.78 Å². The molecule has 8 nitrogen and oxygen atoms in total.